The fourth-order valence-electron chi connectivity index (χ4n) is 1.88. The summed E-state index contributed by atoms with van der Waals surface area (Å²) in [7, 11) is 0. The summed E-state index contributed by atoms with van der Waals surface area (Å²) in [6.07, 6.45) is 0.888. The Morgan fingerprint density at radius 2 is 1.57 bits per heavy atom. The van der Waals surface area contributed by atoms with Crippen LogP contribution in [0.4, 0.5) is 0 Å². The molecule has 0 saturated heterocycles. The molecule has 108 valence electrons. The molecule has 0 aromatic heterocycles. The predicted octanol–water partition coefficient (Wildman–Crippen LogP) is 3.22. The summed E-state index contributed by atoms with van der Waals surface area (Å²) in [6, 6.07) is 18.0. The molecule has 0 aliphatic carbocycles. The molecule has 0 unspecified atom stereocenters. The Labute approximate surface area is 149 Å². The molecule has 0 bridgehead atoms. The second-order valence-electron chi connectivity index (χ2n) is 4.40. The van der Waals surface area contributed by atoms with Crippen molar-refractivity contribution < 1.29 is 45.4 Å². The number of carbonyl (C=O) groups is 1. The maximum atomic E-state index is 11.2. The van der Waals surface area contributed by atoms with Crippen LogP contribution >= 0.6 is 0 Å². The van der Waals surface area contributed by atoms with Crippen molar-refractivity contribution in [1.29, 1.82) is 0 Å². The zero-order valence-corrected chi connectivity index (χ0v) is 16.2. The van der Waals surface area contributed by atoms with E-state index in [1.165, 1.54) is 11.1 Å². The maximum absolute atomic E-state index is 11.2. The molecule has 0 spiro atoms. The molecule has 2 rings (SSSR count). The van der Waals surface area contributed by atoms with Gasteiger partial charge in [0.1, 0.15) is 5.75 Å². The fourth-order valence-corrected chi connectivity index (χ4v) is 1.88. The van der Waals surface area contributed by atoms with Crippen LogP contribution in [0.1, 0.15) is 18.1 Å². The normalized spacial score (nSPS) is 9.57. The van der Waals surface area contributed by atoms with E-state index in [0.717, 1.165) is 6.42 Å². The van der Waals surface area contributed by atoms with Gasteiger partial charge in [-0.25, -0.2) is 4.79 Å². The van der Waals surface area contributed by atoms with E-state index in [1.54, 1.807) is 6.92 Å². The Morgan fingerprint density at radius 1 is 0.952 bits per heavy atom. The number of hydrogen-bond donors (Lipinski definition) is 0. The summed E-state index contributed by atoms with van der Waals surface area (Å²) in [4.78, 5) is 11.2. The molecule has 0 heterocycles. The predicted molar refractivity (Wildman–Crippen MR) is 77.8 cm³/mol. The quantitative estimate of drug-likeness (QED) is 0.563. The van der Waals surface area contributed by atoms with E-state index in [9.17, 15) is 4.79 Å². The largest absolute Gasteiger partial charge is 0.482 e. The number of esters is 1. The Hall–Kier alpha value is -1.24. The third-order valence-electron chi connectivity index (χ3n) is 2.84. The maximum Gasteiger partial charge on any atom is 0.344 e. The number of ether oxygens (including phenoxy) is 2. The van der Waals surface area contributed by atoms with Crippen LogP contribution in [0.15, 0.2) is 54.6 Å². The topological polar surface area (TPSA) is 35.5 Å². The van der Waals surface area contributed by atoms with Crippen LogP contribution < -0.4 is 4.74 Å². The molecule has 3 nitrogen and oxygen atoms in total. The molecule has 0 aliphatic heterocycles. The first kappa shape index (κ1) is 17.8. The van der Waals surface area contributed by atoms with Crippen LogP contribution in [0.25, 0.3) is 0 Å². The molecule has 0 amide bonds. The average Bonchev–Trinajstić information content (AvgIpc) is 2.48. The minimum absolute atomic E-state index is 0. The van der Waals surface area contributed by atoms with Gasteiger partial charge in [-0.3, -0.25) is 0 Å². The zero-order valence-electron chi connectivity index (χ0n) is 12.0. The Kier molecular flexibility index (Phi) is 8.19. The van der Waals surface area contributed by atoms with Crippen LogP contribution in [-0.2, 0) is 16.0 Å². The fraction of sp³-hybridized carbons (Fsp3) is 0.235. The first-order chi connectivity index (χ1) is 9.78. The van der Waals surface area contributed by atoms with E-state index in [-0.39, 0.29) is 43.7 Å². The summed E-state index contributed by atoms with van der Waals surface area (Å²) in [5.74, 6) is 0.329. The standard InChI is InChI=1S/C17H18O3.U/c1-2-19-17(18)13-20-16-10-8-15(9-11-16)12-14-6-4-3-5-7-14;/h3-11H,2,12-13H2,1H3;. The Balaban J connectivity index is 0.00000220. The van der Waals surface area contributed by atoms with Crippen LogP contribution in [0, 0.1) is 31.1 Å². The molecule has 0 saturated carbocycles. The van der Waals surface area contributed by atoms with Crippen LogP contribution in [-0.4, -0.2) is 19.2 Å². The van der Waals surface area contributed by atoms with Gasteiger partial charge in [0, 0.05) is 31.1 Å². The van der Waals surface area contributed by atoms with Crippen molar-refractivity contribution >= 4 is 5.97 Å². The van der Waals surface area contributed by atoms with E-state index < -0.39 is 0 Å². The molecule has 2 aromatic carbocycles. The van der Waals surface area contributed by atoms with E-state index in [0.29, 0.717) is 12.4 Å². The van der Waals surface area contributed by atoms with Crippen LogP contribution in [0.5, 0.6) is 5.75 Å². The number of hydrogen-bond acceptors (Lipinski definition) is 3. The Morgan fingerprint density at radius 3 is 2.19 bits per heavy atom. The third kappa shape index (κ3) is 6.37. The molecular formula is C17H18O3U. The zero-order chi connectivity index (χ0) is 14.2. The van der Waals surface area contributed by atoms with Gasteiger partial charge in [-0.2, -0.15) is 0 Å². The molecule has 0 fully saturated rings. The minimum Gasteiger partial charge on any atom is -0.482 e. The minimum atomic E-state index is -0.346. The van der Waals surface area contributed by atoms with Crippen LogP contribution in [0.2, 0.25) is 0 Å². The first-order valence-corrected chi connectivity index (χ1v) is 6.69. The van der Waals surface area contributed by atoms with Gasteiger partial charge in [0.15, 0.2) is 6.61 Å². The second kappa shape index (κ2) is 9.65. The van der Waals surface area contributed by atoms with E-state index in [4.69, 9.17) is 9.47 Å². The SMILES string of the molecule is CCOC(=O)COc1ccc(Cc2ccccc2)cc1.[U]. The summed E-state index contributed by atoms with van der Waals surface area (Å²) in [5.41, 5.74) is 2.48. The summed E-state index contributed by atoms with van der Waals surface area (Å²) in [5, 5.41) is 0. The van der Waals surface area contributed by atoms with Crippen molar-refractivity contribution in [2.24, 2.45) is 0 Å². The Bertz CT molecular complexity index is 538. The van der Waals surface area contributed by atoms with Crippen molar-refractivity contribution in [3.63, 3.8) is 0 Å². The number of rotatable bonds is 6. The van der Waals surface area contributed by atoms with Crippen molar-refractivity contribution in [2.75, 3.05) is 13.2 Å². The average molecular weight is 508 g/mol. The smallest absolute Gasteiger partial charge is 0.344 e. The number of benzene rings is 2. The molecule has 4 heteroatoms. The van der Waals surface area contributed by atoms with Gasteiger partial charge in [0.05, 0.1) is 6.61 Å². The van der Waals surface area contributed by atoms with Crippen LogP contribution in [0.3, 0.4) is 0 Å². The van der Waals surface area contributed by atoms with Gasteiger partial charge in [0.25, 0.3) is 0 Å². The number of carbonyl (C=O) groups excluding carboxylic acids is 1. The van der Waals surface area contributed by atoms with Crippen molar-refractivity contribution in [3.05, 3.63) is 65.7 Å². The van der Waals surface area contributed by atoms with Crippen molar-refractivity contribution in [2.45, 2.75) is 13.3 Å². The molecule has 0 N–H and O–H groups in total. The van der Waals surface area contributed by atoms with E-state index in [1.807, 2.05) is 42.5 Å². The molecule has 2 aromatic rings. The molecule has 0 radical (unpaired) electrons. The van der Waals surface area contributed by atoms with Gasteiger partial charge in [-0.15, -0.1) is 0 Å². The monoisotopic (exact) mass is 508 g/mol. The summed E-state index contributed by atoms with van der Waals surface area (Å²) >= 11 is 0. The molecule has 0 aliphatic rings. The third-order valence-corrected chi connectivity index (χ3v) is 2.84. The van der Waals surface area contributed by atoms with Gasteiger partial charge >= 0.3 is 5.97 Å². The molecular weight excluding hydrogens is 490 g/mol. The van der Waals surface area contributed by atoms with Gasteiger partial charge in [-0.1, -0.05) is 42.5 Å². The molecule has 0 atom stereocenters. The van der Waals surface area contributed by atoms with Crippen molar-refractivity contribution in [1.82, 2.24) is 0 Å². The van der Waals surface area contributed by atoms with Gasteiger partial charge in [-0.05, 0) is 36.6 Å². The van der Waals surface area contributed by atoms with Gasteiger partial charge < -0.3 is 9.47 Å². The second-order valence-corrected chi connectivity index (χ2v) is 4.40. The van der Waals surface area contributed by atoms with Gasteiger partial charge in [0.2, 0.25) is 0 Å². The van der Waals surface area contributed by atoms with E-state index >= 15 is 0 Å². The summed E-state index contributed by atoms with van der Waals surface area (Å²) in [6.45, 7) is 2.10. The molecule has 21 heavy (non-hydrogen) atoms. The van der Waals surface area contributed by atoms with Crippen molar-refractivity contribution in [3.8, 4) is 5.75 Å². The summed E-state index contributed by atoms with van der Waals surface area (Å²) < 4.78 is 10.2. The first-order valence-electron chi connectivity index (χ1n) is 6.69. The van der Waals surface area contributed by atoms with E-state index in [2.05, 4.69) is 12.1 Å².